The third-order valence-corrected chi connectivity index (χ3v) is 13.5. The van der Waals surface area contributed by atoms with E-state index in [-0.39, 0.29) is 35.7 Å². The van der Waals surface area contributed by atoms with Gasteiger partial charge < -0.3 is 28.1 Å². The maximum absolute atomic E-state index is 14.6. The molecule has 2 saturated carbocycles. The SMILES string of the molecule is CC(C)c1cc(=O)oc2c3c(ccc12)OC(C)(C)[C@H](OC(=O)[C@@]12CC[C@](C)(C(=O)O1)C2(C)C)[C@@H]3OC(=O)[C@@]12CC[C@](C)(C(=O)O1)C2(C)C. The predicted octanol–water partition coefficient (Wildman–Crippen LogP) is 5.83. The number of fused-ring (bicyclic) bond motifs is 7. The van der Waals surface area contributed by atoms with Crippen molar-refractivity contribution in [2.45, 2.75) is 130 Å². The van der Waals surface area contributed by atoms with Gasteiger partial charge in [0.25, 0.3) is 0 Å². The maximum atomic E-state index is 14.6. The molecule has 4 heterocycles. The minimum absolute atomic E-state index is 0.0611. The predicted molar refractivity (Wildman–Crippen MR) is 170 cm³/mol. The van der Waals surface area contributed by atoms with E-state index in [2.05, 4.69) is 0 Å². The highest BCUT2D eigenvalue weighted by Crippen LogP contribution is 2.67. The highest BCUT2D eigenvalue weighted by Gasteiger charge is 2.78. The van der Waals surface area contributed by atoms with Crippen molar-refractivity contribution >= 4 is 34.8 Å². The van der Waals surface area contributed by atoms with Gasteiger partial charge in [-0.1, -0.05) is 41.5 Å². The number of hydrogen-bond donors (Lipinski definition) is 0. The molecule has 258 valence electrons. The van der Waals surface area contributed by atoms with E-state index in [4.69, 9.17) is 28.1 Å². The smallest absolute Gasteiger partial charge is 0.351 e. The second-order valence-corrected chi connectivity index (χ2v) is 16.7. The highest BCUT2D eigenvalue weighted by molar-refractivity contribution is 5.95. The van der Waals surface area contributed by atoms with Crippen LogP contribution in [0, 0.1) is 21.7 Å². The molecule has 1 aromatic heterocycles. The zero-order valence-electron chi connectivity index (χ0n) is 29.3. The van der Waals surface area contributed by atoms with Crippen LogP contribution < -0.4 is 10.4 Å². The molecule has 6 atom stereocenters. The molecule has 1 aromatic carbocycles. The number of carbonyl (C=O) groups excluding carboxylic acids is 4. The first-order valence-corrected chi connectivity index (χ1v) is 16.8. The largest absolute Gasteiger partial charge is 0.483 e. The molecule has 0 N–H and O–H groups in total. The summed E-state index contributed by atoms with van der Waals surface area (Å²) in [5.41, 5.74) is -7.63. The Morgan fingerprint density at radius 3 is 1.73 bits per heavy atom. The first-order valence-electron chi connectivity index (χ1n) is 16.8. The van der Waals surface area contributed by atoms with Gasteiger partial charge in [-0.25, -0.2) is 14.4 Å². The monoisotopic (exact) mass is 664 g/mol. The Labute approximate surface area is 278 Å². The van der Waals surface area contributed by atoms with Crippen LogP contribution in [0.5, 0.6) is 5.75 Å². The molecule has 0 unspecified atom stereocenters. The lowest BCUT2D eigenvalue weighted by Gasteiger charge is -2.45. The van der Waals surface area contributed by atoms with Gasteiger partial charge in [0.2, 0.25) is 11.2 Å². The zero-order chi connectivity index (χ0) is 35.2. The molecular weight excluding hydrogens is 620 g/mol. The summed E-state index contributed by atoms with van der Waals surface area (Å²) in [6.45, 7) is 18.2. The maximum Gasteiger partial charge on any atom is 0.351 e. The molecule has 5 aliphatic rings. The molecule has 48 heavy (non-hydrogen) atoms. The molecule has 7 rings (SSSR count). The number of benzene rings is 1. The number of carbonyl (C=O) groups is 4. The Balaban J connectivity index is 1.39. The van der Waals surface area contributed by atoms with E-state index in [1.54, 1.807) is 39.8 Å². The van der Waals surface area contributed by atoms with Crippen molar-refractivity contribution < 1.29 is 47.3 Å². The van der Waals surface area contributed by atoms with Gasteiger partial charge >= 0.3 is 29.5 Å². The summed E-state index contributed by atoms with van der Waals surface area (Å²) in [5.74, 6) is -2.30. The zero-order valence-corrected chi connectivity index (χ0v) is 29.3. The van der Waals surface area contributed by atoms with E-state index in [9.17, 15) is 24.0 Å². The molecule has 4 fully saturated rings. The summed E-state index contributed by atoms with van der Waals surface area (Å²) < 4.78 is 36.8. The summed E-state index contributed by atoms with van der Waals surface area (Å²) in [6.07, 6.45) is -1.29. The van der Waals surface area contributed by atoms with Gasteiger partial charge in [0.15, 0.2) is 12.2 Å². The van der Waals surface area contributed by atoms with E-state index in [0.29, 0.717) is 23.8 Å². The van der Waals surface area contributed by atoms with Crippen molar-refractivity contribution in [2.75, 3.05) is 0 Å². The van der Waals surface area contributed by atoms with Crippen LogP contribution in [0.15, 0.2) is 27.4 Å². The number of rotatable bonds is 5. The van der Waals surface area contributed by atoms with E-state index in [1.807, 2.05) is 41.5 Å². The van der Waals surface area contributed by atoms with Gasteiger partial charge in [0.05, 0.1) is 16.4 Å². The Morgan fingerprint density at radius 2 is 1.27 bits per heavy atom. The summed E-state index contributed by atoms with van der Waals surface area (Å²) in [7, 11) is 0. The molecule has 0 spiro atoms. The molecule has 0 radical (unpaired) electrons. The first-order chi connectivity index (χ1) is 22.1. The molecule has 2 aliphatic carbocycles. The molecule has 2 aromatic rings. The Bertz CT molecular complexity index is 1880. The normalized spacial score (nSPS) is 36.4. The molecule has 3 aliphatic heterocycles. The summed E-state index contributed by atoms with van der Waals surface area (Å²) in [4.78, 5) is 68.1. The van der Waals surface area contributed by atoms with E-state index >= 15 is 0 Å². The average Bonchev–Trinajstić information content (AvgIpc) is 3.45. The van der Waals surface area contributed by atoms with Crippen molar-refractivity contribution in [1.29, 1.82) is 0 Å². The van der Waals surface area contributed by atoms with Crippen molar-refractivity contribution in [2.24, 2.45) is 21.7 Å². The van der Waals surface area contributed by atoms with Gasteiger partial charge in [-0.05, 0) is 77.0 Å². The van der Waals surface area contributed by atoms with Crippen LogP contribution in [0.4, 0.5) is 0 Å². The molecule has 0 amide bonds. The third-order valence-electron chi connectivity index (χ3n) is 13.5. The van der Waals surface area contributed by atoms with Gasteiger partial charge in [0, 0.05) is 22.3 Å². The summed E-state index contributed by atoms with van der Waals surface area (Å²) >= 11 is 0. The topological polar surface area (TPSA) is 145 Å². The molecular formula is C37H44O11. The molecule has 4 bridgehead atoms. The minimum atomic E-state index is -1.60. The Morgan fingerprint density at radius 1 is 0.750 bits per heavy atom. The van der Waals surface area contributed by atoms with Crippen LogP contribution >= 0.6 is 0 Å². The number of esters is 4. The van der Waals surface area contributed by atoms with E-state index < -0.39 is 80.2 Å². The van der Waals surface area contributed by atoms with E-state index in [0.717, 1.165) is 0 Å². The second-order valence-electron chi connectivity index (χ2n) is 16.7. The van der Waals surface area contributed by atoms with Crippen LogP contribution in [0.1, 0.15) is 118 Å². The van der Waals surface area contributed by atoms with Crippen LogP contribution in [0.25, 0.3) is 11.0 Å². The minimum Gasteiger partial charge on any atom is -0.483 e. The van der Waals surface area contributed by atoms with Gasteiger partial charge in [0.1, 0.15) is 16.9 Å². The van der Waals surface area contributed by atoms with Crippen LogP contribution in [0.2, 0.25) is 0 Å². The van der Waals surface area contributed by atoms with Crippen LogP contribution in [0.3, 0.4) is 0 Å². The van der Waals surface area contributed by atoms with Crippen molar-refractivity contribution in [3.63, 3.8) is 0 Å². The van der Waals surface area contributed by atoms with Gasteiger partial charge in [-0.15, -0.1) is 0 Å². The van der Waals surface area contributed by atoms with Gasteiger partial charge in [-0.3, -0.25) is 9.59 Å². The van der Waals surface area contributed by atoms with Crippen LogP contribution in [-0.4, -0.2) is 46.8 Å². The Kier molecular flexibility index (Phi) is 6.40. The van der Waals surface area contributed by atoms with E-state index in [1.165, 1.54) is 6.07 Å². The fourth-order valence-electron chi connectivity index (χ4n) is 9.10. The molecule has 2 saturated heterocycles. The van der Waals surface area contributed by atoms with Crippen molar-refractivity contribution in [1.82, 2.24) is 0 Å². The fourth-order valence-corrected chi connectivity index (χ4v) is 9.10. The Hall–Kier alpha value is -3.89. The summed E-state index contributed by atoms with van der Waals surface area (Å²) in [6, 6.07) is 4.93. The first kappa shape index (κ1) is 32.6. The fraction of sp³-hybridized carbons (Fsp3) is 0.649. The third kappa shape index (κ3) is 3.63. The molecule has 11 nitrogen and oxygen atoms in total. The molecule has 11 heteroatoms. The number of hydrogen-bond acceptors (Lipinski definition) is 11. The number of ether oxygens (including phenoxy) is 5. The van der Waals surface area contributed by atoms with Crippen LogP contribution in [-0.2, 0) is 38.1 Å². The van der Waals surface area contributed by atoms with Crippen molar-refractivity contribution in [3.05, 3.63) is 39.7 Å². The van der Waals surface area contributed by atoms with Crippen molar-refractivity contribution in [3.8, 4) is 5.75 Å². The average molecular weight is 665 g/mol. The highest BCUT2D eigenvalue weighted by atomic mass is 16.7. The lowest BCUT2D eigenvalue weighted by molar-refractivity contribution is -0.217. The second kappa shape index (κ2) is 9.41. The lowest BCUT2D eigenvalue weighted by atomic mass is 9.66. The lowest BCUT2D eigenvalue weighted by Crippen LogP contribution is -2.57. The summed E-state index contributed by atoms with van der Waals surface area (Å²) in [5, 5.41) is 0.605. The van der Waals surface area contributed by atoms with Gasteiger partial charge in [-0.2, -0.15) is 0 Å². The quantitative estimate of drug-likeness (QED) is 0.216. The standard InChI is InChI=1S/C37H44O11/c1-18(2)20-17-22(38)43-24-19(20)11-12-21-23(24)25(44-29(41)36-15-13-34(9,27(39)47-36)32(36,5)6)26(31(3,4)46-21)45-30(42)37-16-14-35(10,28(40)48-37)33(37,7)8/h11-12,17-18,25-26H,13-16H2,1-10H3/t25-,26-,34-,35-,36-,37-/m1/s1.